The van der Waals surface area contributed by atoms with Gasteiger partial charge in [-0.3, -0.25) is 9.69 Å². The Morgan fingerprint density at radius 3 is 2.79 bits per heavy atom. The van der Waals surface area contributed by atoms with Crippen molar-refractivity contribution in [2.24, 2.45) is 5.73 Å². The molecular weight excluding hydrogens is 434 g/mol. The second kappa shape index (κ2) is 8.08. The molecule has 3 heterocycles. The van der Waals surface area contributed by atoms with Crippen LogP contribution in [0.2, 0.25) is 0 Å². The number of carbonyl (C=O) groups is 1. The number of halogens is 2. The first-order chi connectivity index (χ1) is 15.9. The number of fused-ring (bicyclic) bond motifs is 3. The molecule has 1 saturated heterocycles. The fraction of sp³-hybridized carbons (Fsp3) is 0.455. The van der Waals surface area contributed by atoms with Crippen molar-refractivity contribution in [2.75, 3.05) is 28.3 Å². The van der Waals surface area contributed by atoms with Crippen LogP contribution >= 0.6 is 0 Å². The first kappa shape index (κ1) is 21.3. The van der Waals surface area contributed by atoms with Crippen LogP contribution in [0.25, 0.3) is 11.4 Å². The zero-order chi connectivity index (χ0) is 23.3. The number of primary amides is 1. The molecule has 2 aliphatic heterocycles. The molecule has 1 saturated carbocycles. The molecule has 1 amide bonds. The molecule has 2 atom stereocenters. The van der Waals surface area contributed by atoms with Crippen LogP contribution in [0.1, 0.15) is 19.8 Å². The van der Waals surface area contributed by atoms with E-state index in [4.69, 9.17) is 10.5 Å². The zero-order valence-electron chi connectivity index (χ0n) is 18.0. The van der Waals surface area contributed by atoms with Crippen LogP contribution in [0, 0.1) is 0 Å². The van der Waals surface area contributed by atoms with Gasteiger partial charge < -0.3 is 25.3 Å². The molecule has 5 rings (SSSR count). The number of hydrogen-bond donors (Lipinski definition) is 2. The summed E-state index contributed by atoms with van der Waals surface area (Å²) in [6.45, 7) is 2.70. The van der Waals surface area contributed by atoms with Crippen LogP contribution in [0.5, 0.6) is 0 Å². The Morgan fingerprint density at radius 2 is 2.12 bits per heavy atom. The number of alkyl halides is 2. The van der Waals surface area contributed by atoms with Crippen LogP contribution in [-0.4, -0.2) is 59.1 Å². The third-order valence-corrected chi connectivity index (χ3v) is 6.26. The highest BCUT2D eigenvalue weighted by Crippen LogP contribution is 2.42. The van der Waals surface area contributed by atoms with Gasteiger partial charge in [-0.25, -0.2) is 18.6 Å². The lowest BCUT2D eigenvalue weighted by Crippen LogP contribution is -2.36. The van der Waals surface area contributed by atoms with Crippen LogP contribution in [0.4, 0.5) is 26.0 Å². The number of nitrogens with one attached hydrogen (secondary N) is 1. The monoisotopic (exact) mass is 458 g/mol. The van der Waals surface area contributed by atoms with Gasteiger partial charge in [0.2, 0.25) is 5.91 Å². The summed E-state index contributed by atoms with van der Waals surface area (Å²) in [5, 5.41) is 3.11. The second-order valence-electron chi connectivity index (χ2n) is 8.53. The van der Waals surface area contributed by atoms with Gasteiger partial charge >= 0.3 is 0 Å². The average Bonchev–Trinajstić information content (AvgIpc) is 3.42. The summed E-state index contributed by atoms with van der Waals surface area (Å²) in [4.78, 5) is 30.9. The maximum Gasteiger partial charge on any atom is 0.284 e. The van der Waals surface area contributed by atoms with Crippen molar-refractivity contribution in [3.63, 3.8) is 0 Å². The number of aromatic nitrogens is 2. The molecule has 0 radical (unpaired) electrons. The van der Waals surface area contributed by atoms with Gasteiger partial charge in [0.1, 0.15) is 24.5 Å². The number of anilines is 3. The summed E-state index contributed by atoms with van der Waals surface area (Å²) >= 11 is 0. The Morgan fingerprint density at radius 1 is 1.33 bits per heavy atom. The van der Waals surface area contributed by atoms with E-state index in [0.717, 1.165) is 34.7 Å². The van der Waals surface area contributed by atoms with Crippen molar-refractivity contribution in [3.8, 4) is 11.4 Å². The Kier molecular flexibility index (Phi) is 5.20. The molecule has 0 spiro atoms. The molecule has 3 N–H and O–H groups in total. The first-order valence-electron chi connectivity index (χ1n) is 10.9. The lowest BCUT2D eigenvalue weighted by molar-refractivity contribution is -0.118. The molecule has 174 valence electrons. The minimum Gasteiger partial charge on any atom is -0.468 e. The van der Waals surface area contributed by atoms with Crippen molar-refractivity contribution < 1.29 is 23.1 Å². The number of nitrogens with zero attached hydrogens (tertiary/aromatic N) is 4. The summed E-state index contributed by atoms with van der Waals surface area (Å²) in [5.41, 5.74) is 7.93. The van der Waals surface area contributed by atoms with E-state index in [2.05, 4.69) is 15.2 Å². The van der Waals surface area contributed by atoms with E-state index in [0.29, 0.717) is 25.0 Å². The van der Waals surface area contributed by atoms with Crippen molar-refractivity contribution in [3.05, 3.63) is 30.3 Å². The fourth-order valence-electron chi connectivity index (χ4n) is 4.37. The lowest BCUT2D eigenvalue weighted by Gasteiger charge is -2.25. The van der Waals surface area contributed by atoms with Gasteiger partial charge in [-0.05, 0) is 38.0 Å². The Bertz CT molecular complexity index is 1140. The molecule has 11 heteroatoms. The number of rotatable bonds is 6. The fourth-order valence-corrected chi connectivity index (χ4v) is 4.37. The molecule has 3 aliphatic rings. The summed E-state index contributed by atoms with van der Waals surface area (Å²) < 4.78 is 34.2. The van der Waals surface area contributed by atoms with Gasteiger partial charge in [0, 0.05) is 36.6 Å². The second-order valence-corrected chi connectivity index (χ2v) is 8.53. The van der Waals surface area contributed by atoms with E-state index in [-0.39, 0.29) is 18.3 Å². The number of ether oxygens (including phenoxy) is 1. The zero-order valence-corrected chi connectivity index (χ0v) is 18.0. The van der Waals surface area contributed by atoms with Gasteiger partial charge in [-0.2, -0.15) is 0 Å². The first-order valence-corrected chi connectivity index (χ1v) is 10.9. The van der Waals surface area contributed by atoms with E-state index in [9.17, 15) is 18.4 Å². The minimum absolute atomic E-state index is 0.224. The van der Waals surface area contributed by atoms with Crippen LogP contribution in [0.15, 0.2) is 30.3 Å². The van der Waals surface area contributed by atoms with Crippen molar-refractivity contribution in [2.45, 2.75) is 50.9 Å². The predicted molar refractivity (Wildman–Crippen MR) is 118 cm³/mol. The highest BCUT2D eigenvalue weighted by atomic mass is 19.3. The number of hydrogen-bond acceptors (Lipinski definition) is 7. The van der Waals surface area contributed by atoms with Crippen molar-refractivity contribution in [1.82, 2.24) is 9.55 Å². The maximum absolute atomic E-state index is 13.6. The average molecular weight is 458 g/mol. The molecule has 2 aromatic rings. The number of benzene rings is 1. The summed E-state index contributed by atoms with van der Waals surface area (Å²) in [6.07, 6.45) is 1.16. The Labute approximate surface area is 188 Å². The highest BCUT2D eigenvalue weighted by Gasteiger charge is 2.41. The molecule has 1 aromatic heterocycles. The van der Waals surface area contributed by atoms with E-state index in [1.165, 1.54) is 0 Å². The summed E-state index contributed by atoms with van der Waals surface area (Å²) in [6, 6.07) is 4.30. The molecule has 1 aromatic carbocycles. The standard InChI is InChI=1S/C22H24F2N6O3/c1-12(21(25)32)26-13-2-5-15-16(8-13)29(14-3-4-14)7-6-28-9-18(27-22(15)28)30-17(20(23)24)11-33-19(30)10-31/h2,5,8-9,12,14,17,20,26H,3-4,6-7,11H2,1H3,(H2,25,32)/t12-,17-/m0/s1. The predicted octanol–water partition coefficient (Wildman–Crippen LogP) is 1.96. The van der Waals surface area contributed by atoms with Crippen LogP contribution < -0.4 is 20.9 Å². The normalized spacial score (nSPS) is 20.6. The Balaban J connectivity index is 1.56. The van der Waals surface area contributed by atoms with Crippen molar-refractivity contribution >= 4 is 29.0 Å². The van der Waals surface area contributed by atoms with E-state index in [1.807, 2.05) is 22.8 Å². The van der Waals surface area contributed by atoms with Gasteiger partial charge in [-0.1, -0.05) is 0 Å². The van der Waals surface area contributed by atoms with Gasteiger partial charge in [0.25, 0.3) is 12.3 Å². The smallest absolute Gasteiger partial charge is 0.284 e. The summed E-state index contributed by atoms with van der Waals surface area (Å²) in [5.74, 6) is 1.71. The quantitative estimate of drug-likeness (QED) is 0.638. The van der Waals surface area contributed by atoms with Crippen LogP contribution in [0.3, 0.4) is 0 Å². The molecule has 2 fully saturated rings. The lowest BCUT2D eigenvalue weighted by atomic mass is 10.1. The van der Waals surface area contributed by atoms with Gasteiger partial charge in [0.15, 0.2) is 11.8 Å². The largest absolute Gasteiger partial charge is 0.468 e. The molecule has 1 aliphatic carbocycles. The highest BCUT2D eigenvalue weighted by molar-refractivity contribution is 5.85. The number of imidazole rings is 1. The van der Waals surface area contributed by atoms with E-state index >= 15 is 0 Å². The number of carbonyl (C=O) groups excluding carboxylic acids is 2. The third kappa shape index (κ3) is 3.78. The maximum atomic E-state index is 13.6. The Hall–Kier alpha value is -3.59. The van der Waals surface area contributed by atoms with Crippen molar-refractivity contribution in [1.29, 1.82) is 0 Å². The van der Waals surface area contributed by atoms with Gasteiger partial charge in [0.05, 0.1) is 5.69 Å². The molecule has 0 bridgehead atoms. The number of amides is 1. The third-order valence-electron chi connectivity index (χ3n) is 6.26. The molecule has 33 heavy (non-hydrogen) atoms. The van der Waals surface area contributed by atoms with Crippen LogP contribution in [-0.2, 0) is 20.9 Å². The SMILES string of the molecule is C[C@H](Nc1ccc2c(c1)N(C1CC1)CCn1cc(N3C(=C=O)OC[C@H]3C(F)F)nc1-2)C(N)=O. The topological polar surface area (TPSA) is 106 Å². The minimum atomic E-state index is -2.71. The van der Waals surface area contributed by atoms with E-state index in [1.54, 1.807) is 19.1 Å². The van der Waals surface area contributed by atoms with E-state index < -0.39 is 24.4 Å². The summed E-state index contributed by atoms with van der Waals surface area (Å²) in [7, 11) is 0. The molecular formula is C22H24F2N6O3. The molecule has 9 nitrogen and oxygen atoms in total. The number of nitrogens with two attached hydrogens (primary N) is 1. The van der Waals surface area contributed by atoms with Gasteiger partial charge in [-0.15, -0.1) is 0 Å². The molecule has 0 unspecified atom stereocenters.